The van der Waals surface area contributed by atoms with Crippen molar-refractivity contribution in [2.45, 2.75) is 38.1 Å². The summed E-state index contributed by atoms with van der Waals surface area (Å²) < 4.78 is 7.49. The molecule has 1 aliphatic rings. The zero-order chi connectivity index (χ0) is 19.5. The normalized spacial score (nSPS) is 19.8. The van der Waals surface area contributed by atoms with Crippen molar-refractivity contribution in [2.24, 2.45) is 0 Å². The molecule has 0 radical (unpaired) electrons. The summed E-state index contributed by atoms with van der Waals surface area (Å²) in [5, 5.41) is 3.41. The van der Waals surface area contributed by atoms with Gasteiger partial charge in [0, 0.05) is 31.3 Å². The van der Waals surface area contributed by atoms with E-state index >= 15 is 0 Å². The molecule has 28 heavy (non-hydrogen) atoms. The summed E-state index contributed by atoms with van der Waals surface area (Å²) in [6, 6.07) is 13.6. The minimum Gasteiger partial charge on any atom is -0.377 e. The molecule has 0 amide bonds. The van der Waals surface area contributed by atoms with Gasteiger partial charge in [-0.25, -0.2) is 15.0 Å². The highest BCUT2D eigenvalue weighted by Crippen LogP contribution is 2.33. The summed E-state index contributed by atoms with van der Waals surface area (Å²) in [5.74, 6) is 0.790. The molecule has 7 heteroatoms. The summed E-state index contributed by atoms with van der Waals surface area (Å²) in [6.45, 7) is 2.57. The lowest BCUT2D eigenvalue weighted by Gasteiger charge is -2.34. The second-order valence-electron chi connectivity index (χ2n) is 6.99. The van der Waals surface area contributed by atoms with Gasteiger partial charge in [-0.3, -0.25) is 14.7 Å². The molecule has 4 rings (SSSR count). The number of nitrogens with zero attached hydrogens (tertiary/aromatic N) is 4. The van der Waals surface area contributed by atoms with E-state index in [9.17, 15) is 4.79 Å². The fourth-order valence-corrected chi connectivity index (χ4v) is 3.72. The molecule has 1 aromatic carbocycles. The second-order valence-corrected chi connectivity index (χ2v) is 6.99. The van der Waals surface area contributed by atoms with Gasteiger partial charge in [-0.2, -0.15) is 0 Å². The minimum absolute atomic E-state index is 0.0217. The average molecular weight is 377 g/mol. The van der Waals surface area contributed by atoms with Crippen molar-refractivity contribution in [2.75, 3.05) is 7.11 Å². The molecule has 0 fully saturated rings. The zero-order valence-electron chi connectivity index (χ0n) is 15.9. The van der Waals surface area contributed by atoms with E-state index in [1.165, 1.54) is 12.4 Å². The van der Waals surface area contributed by atoms with Crippen LogP contribution in [-0.2, 0) is 11.4 Å². The van der Waals surface area contributed by atoms with Crippen LogP contribution in [0.4, 0.5) is 0 Å². The summed E-state index contributed by atoms with van der Waals surface area (Å²) in [4.78, 5) is 25.8. The van der Waals surface area contributed by atoms with Gasteiger partial charge in [-0.15, -0.1) is 0 Å². The first kappa shape index (κ1) is 18.5. The third-order valence-electron chi connectivity index (χ3n) is 5.31. The summed E-state index contributed by atoms with van der Waals surface area (Å²) in [7, 11) is 1.72. The van der Waals surface area contributed by atoms with Gasteiger partial charge in [0.25, 0.3) is 5.56 Å². The van der Waals surface area contributed by atoms with E-state index in [0.29, 0.717) is 24.5 Å². The number of hydrogen-bond donors (Lipinski definition) is 1. The van der Waals surface area contributed by atoms with Crippen LogP contribution in [0.25, 0.3) is 11.4 Å². The third kappa shape index (κ3) is 3.58. The largest absolute Gasteiger partial charge is 0.377 e. The number of ether oxygens (including phenoxy) is 1. The first-order valence-corrected chi connectivity index (χ1v) is 9.36. The van der Waals surface area contributed by atoms with Crippen molar-refractivity contribution in [3.63, 3.8) is 0 Å². The first-order valence-electron chi connectivity index (χ1n) is 9.36. The van der Waals surface area contributed by atoms with E-state index in [4.69, 9.17) is 9.72 Å². The number of nitrogens with one attached hydrogen (secondary N) is 1. The van der Waals surface area contributed by atoms with E-state index in [1.54, 1.807) is 23.9 Å². The van der Waals surface area contributed by atoms with Crippen molar-refractivity contribution in [3.8, 4) is 11.4 Å². The SMILES string of the molecule is CO[C@H](CC1c2nc(-c3ccncn3)cc(=O)n2CNC1C)c1ccccc1. The fraction of sp³-hybridized carbons (Fsp3) is 0.333. The maximum absolute atomic E-state index is 12.7. The van der Waals surface area contributed by atoms with Crippen molar-refractivity contribution in [3.05, 3.63) is 76.7 Å². The molecular formula is C21H23N5O2. The fourth-order valence-electron chi connectivity index (χ4n) is 3.72. The lowest BCUT2D eigenvalue weighted by atomic mass is 9.89. The van der Waals surface area contributed by atoms with Crippen LogP contribution in [0.1, 0.15) is 36.8 Å². The van der Waals surface area contributed by atoms with Crippen LogP contribution >= 0.6 is 0 Å². The van der Waals surface area contributed by atoms with Gasteiger partial charge in [0.1, 0.15) is 12.2 Å². The molecule has 0 saturated heterocycles. The van der Waals surface area contributed by atoms with Gasteiger partial charge >= 0.3 is 0 Å². The van der Waals surface area contributed by atoms with Crippen LogP contribution in [0.2, 0.25) is 0 Å². The topological polar surface area (TPSA) is 81.9 Å². The molecular weight excluding hydrogens is 354 g/mol. The second kappa shape index (κ2) is 8.00. The van der Waals surface area contributed by atoms with Gasteiger partial charge in [-0.1, -0.05) is 30.3 Å². The van der Waals surface area contributed by atoms with Crippen molar-refractivity contribution in [1.82, 2.24) is 24.8 Å². The van der Waals surface area contributed by atoms with Gasteiger partial charge in [0.2, 0.25) is 0 Å². The van der Waals surface area contributed by atoms with E-state index in [-0.39, 0.29) is 23.6 Å². The van der Waals surface area contributed by atoms with E-state index in [0.717, 1.165) is 11.4 Å². The molecule has 3 heterocycles. The van der Waals surface area contributed by atoms with E-state index < -0.39 is 0 Å². The summed E-state index contributed by atoms with van der Waals surface area (Å²) >= 11 is 0. The number of aromatic nitrogens is 4. The van der Waals surface area contributed by atoms with Crippen LogP contribution in [0.5, 0.6) is 0 Å². The van der Waals surface area contributed by atoms with Crippen LogP contribution < -0.4 is 10.9 Å². The molecule has 0 aliphatic carbocycles. The minimum atomic E-state index is -0.0864. The predicted octanol–water partition coefficient (Wildman–Crippen LogP) is 2.51. The Morgan fingerprint density at radius 1 is 1.25 bits per heavy atom. The maximum Gasteiger partial charge on any atom is 0.255 e. The Kier molecular flexibility index (Phi) is 5.27. The Bertz CT molecular complexity index is 991. The smallest absolute Gasteiger partial charge is 0.255 e. The Morgan fingerprint density at radius 3 is 2.79 bits per heavy atom. The van der Waals surface area contributed by atoms with Gasteiger partial charge in [-0.05, 0) is 25.0 Å². The number of methoxy groups -OCH3 is 1. The number of hydrogen-bond acceptors (Lipinski definition) is 6. The summed E-state index contributed by atoms with van der Waals surface area (Å²) in [6.07, 6.45) is 3.75. The standard InChI is InChI=1S/C21H23N5O2/c1-14-16(10-19(28-2)15-6-4-3-5-7-15)21-25-18(17-8-9-22-12-23-17)11-20(27)26(21)13-24-14/h3-9,11-12,14,16,19,24H,10,13H2,1-2H3/t14?,16?,19-/m1/s1. The van der Waals surface area contributed by atoms with E-state index in [2.05, 4.69) is 34.3 Å². The Labute approximate surface area is 163 Å². The summed E-state index contributed by atoms with van der Waals surface area (Å²) in [5.41, 5.74) is 2.25. The Balaban J connectivity index is 1.74. The maximum atomic E-state index is 12.7. The number of rotatable bonds is 5. The van der Waals surface area contributed by atoms with Gasteiger partial charge < -0.3 is 4.74 Å². The molecule has 2 aromatic heterocycles. The first-order chi connectivity index (χ1) is 13.7. The average Bonchev–Trinajstić information content (AvgIpc) is 2.74. The molecule has 2 unspecified atom stereocenters. The number of fused-ring (bicyclic) bond motifs is 1. The molecule has 7 nitrogen and oxygen atoms in total. The highest BCUT2D eigenvalue weighted by molar-refractivity contribution is 5.52. The molecule has 1 aliphatic heterocycles. The van der Waals surface area contributed by atoms with Crippen molar-refractivity contribution in [1.29, 1.82) is 0 Å². The molecule has 144 valence electrons. The van der Waals surface area contributed by atoms with E-state index in [1.807, 2.05) is 18.2 Å². The zero-order valence-corrected chi connectivity index (χ0v) is 15.9. The Morgan fingerprint density at radius 2 is 2.07 bits per heavy atom. The lowest BCUT2D eigenvalue weighted by molar-refractivity contribution is 0.0806. The quantitative estimate of drug-likeness (QED) is 0.736. The van der Waals surface area contributed by atoms with Crippen molar-refractivity contribution >= 4 is 0 Å². The van der Waals surface area contributed by atoms with Crippen LogP contribution in [-0.4, -0.2) is 32.7 Å². The van der Waals surface area contributed by atoms with Crippen LogP contribution in [0.15, 0.2) is 59.8 Å². The molecule has 0 saturated carbocycles. The third-order valence-corrected chi connectivity index (χ3v) is 5.31. The van der Waals surface area contributed by atoms with Gasteiger partial charge in [0.05, 0.1) is 24.2 Å². The molecule has 0 spiro atoms. The van der Waals surface area contributed by atoms with Gasteiger partial charge in [0.15, 0.2) is 0 Å². The molecule has 0 bridgehead atoms. The highest BCUT2D eigenvalue weighted by atomic mass is 16.5. The lowest BCUT2D eigenvalue weighted by Crippen LogP contribution is -2.46. The Hall–Kier alpha value is -2.90. The van der Waals surface area contributed by atoms with Crippen LogP contribution in [0.3, 0.4) is 0 Å². The predicted molar refractivity (Wildman–Crippen MR) is 106 cm³/mol. The molecule has 3 atom stereocenters. The molecule has 1 N–H and O–H groups in total. The monoisotopic (exact) mass is 377 g/mol. The number of benzene rings is 1. The van der Waals surface area contributed by atoms with Crippen molar-refractivity contribution < 1.29 is 4.74 Å². The highest BCUT2D eigenvalue weighted by Gasteiger charge is 2.32. The van der Waals surface area contributed by atoms with Crippen LogP contribution in [0, 0.1) is 0 Å². The molecule has 3 aromatic rings.